The highest BCUT2D eigenvalue weighted by atomic mass is 16.6. The third-order valence-corrected chi connectivity index (χ3v) is 5.66. The molecule has 4 bridgehead atoms. The van der Waals surface area contributed by atoms with Gasteiger partial charge in [0.05, 0.1) is 12.0 Å². The van der Waals surface area contributed by atoms with Crippen LogP contribution in [0.5, 0.6) is 0 Å². The summed E-state index contributed by atoms with van der Waals surface area (Å²) >= 11 is 0. The number of aliphatic hydroxyl groups excluding tert-OH is 1. The Morgan fingerprint density at radius 3 is 2.22 bits per heavy atom. The van der Waals surface area contributed by atoms with Gasteiger partial charge in [-0.3, -0.25) is 4.79 Å². The van der Waals surface area contributed by atoms with Gasteiger partial charge < -0.3 is 19.7 Å². The normalized spacial score (nSPS) is 37.4. The minimum atomic E-state index is -0.874. The maximum atomic E-state index is 11.8. The van der Waals surface area contributed by atoms with Crippen LogP contribution in [0.25, 0.3) is 0 Å². The van der Waals surface area contributed by atoms with Crippen molar-refractivity contribution in [2.45, 2.75) is 38.5 Å². The molecule has 4 aliphatic carbocycles. The van der Waals surface area contributed by atoms with Crippen LogP contribution in [0.1, 0.15) is 38.5 Å². The Morgan fingerprint density at radius 1 is 1.00 bits per heavy atom. The molecule has 0 aliphatic heterocycles. The summed E-state index contributed by atoms with van der Waals surface area (Å²) in [4.78, 5) is 34.2. The Hall–Kier alpha value is -1.63. The molecular weight excluding hydrogens is 304 g/mol. The number of carbonyl (C=O) groups excluding carboxylic acids is 2. The van der Waals surface area contributed by atoms with Crippen molar-refractivity contribution in [3.05, 3.63) is 0 Å². The van der Waals surface area contributed by atoms with E-state index in [0.717, 1.165) is 32.1 Å². The van der Waals surface area contributed by atoms with Crippen LogP contribution in [0.2, 0.25) is 0 Å². The van der Waals surface area contributed by atoms with Crippen LogP contribution in [-0.4, -0.2) is 47.9 Å². The lowest BCUT2D eigenvalue weighted by Gasteiger charge is -2.60. The average molecular weight is 326 g/mol. The SMILES string of the molecule is O=C(CO)OCC(=O)OCC12CC3CC(C1)CC(C(=O)O)(C3)C2. The molecule has 4 rings (SSSR count). The highest BCUT2D eigenvalue weighted by Crippen LogP contribution is 2.65. The van der Waals surface area contributed by atoms with E-state index in [1.54, 1.807) is 0 Å². The van der Waals surface area contributed by atoms with Crippen molar-refractivity contribution in [2.24, 2.45) is 22.7 Å². The number of hydrogen-bond donors (Lipinski definition) is 2. The largest absolute Gasteiger partial charge is 0.481 e. The predicted octanol–water partition coefficient (Wildman–Crippen LogP) is 0.736. The molecule has 0 radical (unpaired) electrons. The molecule has 23 heavy (non-hydrogen) atoms. The number of carbonyl (C=O) groups is 3. The number of ether oxygens (including phenoxy) is 2. The fourth-order valence-corrected chi connectivity index (χ4v) is 5.33. The van der Waals surface area contributed by atoms with Crippen molar-refractivity contribution < 1.29 is 34.1 Å². The van der Waals surface area contributed by atoms with Gasteiger partial charge in [-0.2, -0.15) is 0 Å². The molecule has 0 spiro atoms. The lowest BCUT2D eigenvalue weighted by molar-refractivity contribution is -0.185. The summed E-state index contributed by atoms with van der Waals surface area (Å²) in [6.07, 6.45) is 4.93. The van der Waals surface area contributed by atoms with Gasteiger partial charge in [-0.1, -0.05) is 0 Å². The van der Waals surface area contributed by atoms with E-state index in [9.17, 15) is 19.5 Å². The number of carboxylic acids is 1. The fraction of sp³-hybridized carbons (Fsp3) is 0.812. The first-order chi connectivity index (χ1) is 10.9. The number of rotatable bonds is 6. The van der Waals surface area contributed by atoms with E-state index in [4.69, 9.17) is 9.84 Å². The van der Waals surface area contributed by atoms with E-state index in [2.05, 4.69) is 4.74 Å². The number of esters is 2. The standard InChI is InChI=1S/C16H22O7/c17-6-12(18)22-7-13(19)23-9-15-2-10-1-11(3-15)5-16(4-10,8-15)14(20)21/h10-11,17H,1-9H2,(H,20,21). The summed E-state index contributed by atoms with van der Waals surface area (Å²) in [6, 6.07) is 0. The summed E-state index contributed by atoms with van der Waals surface area (Å²) in [6.45, 7) is -1.11. The fourth-order valence-electron chi connectivity index (χ4n) is 5.33. The van der Waals surface area contributed by atoms with Crippen molar-refractivity contribution in [3.8, 4) is 0 Å². The molecule has 4 saturated carbocycles. The molecule has 128 valence electrons. The highest BCUT2D eigenvalue weighted by molar-refractivity contribution is 5.77. The number of aliphatic hydroxyl groups is 1. The van der Waals surface area contributed by atoms with E-state index in [0.29, 0.717) is 18.3 Å². The quantitative estimate of drug-likeness (QED) is 0.692. The second kappa shape index (κ2) is 5.78. The van der Waals surface area contributed by atoms with Crippen LogP contribution in [0.3, 0.4) is 0 Å². The van der Waals surface area contributed by atoms with Crippen molar-refractivity contribution in [1.82, 2.24) is 0 Å². The molecule has 2 atom stereocenters. The minimum Gasteiger partial charge on any atom is -0.481 e. The van der Waals surface area contributed by atoms with Gasteiger partial charge in [0.15, 0.2) is 6.61 Å². The minimum absolute atomic E-state index is 0.185. The zero-order valence-corrected chi connectivity index (χ0v) is 13.0. The topological polar surface area (TPSA) is 110 Å². The first-order valence-electron chi connectivity index (χ1n) is 8.02. The zero-order chi connectivity index (χ0) is 16.7. The van der Waals surface area contributed by atoms with Crippen LogP contribution < -0.4 is 0 Å². The van der Waals surface area contributed by atoms with Crippen LogP contribution in [-0.2, 0) is 23.9 Å². The lowest BCUT2D eigenvalue weighted by atomic mass is 9.44. The molecule has 0 amide bonds. The van der Waals surface area contributed by atoms with Crippen LogP contribution in [0, 0.1) is 22.7 Å². The smallest absolute Gasteiger partial charge is 0.344 e. The molecule has 4 fully saturated rings. The van der Waals surface area contributed by atoms with Gasteiger partial charge in [-0.05, 0) is 50.4 Å². The van der Waals surface area contributed by atoms with Gasteiger partial charge in [0.2, 0.25) is 0 Å². The Kier molecular flexibility index (Phi) is 4.08. The molecule has 0 saturated heterocycles. The molecule has 2 N–H and O–H groups in total. The number of carboxylic acid groups (broad SMARTS) is 1. The van der Waals surface area contributed by atoms with Gasteiger partial charge in [0.25, 0.3) is 0 Å². The Bertz CT molecular complexity index is 513. The van der Waals surface area contributed by atoms with Gasteiger partial charge >= 0.3 is 17.9 Å². The number of hydrogen-bond acceptors (Lipinski definition) is 6. The van der Waals surface area contributed by atoms with Gasteiger partial charge in [-0.15, -0.1) is 0 Å². The number of aliphatic carboxylic acids is 1. The van der Waals surface area contributed by atoms with Crippen molar-refractivity contribution >= 4 is 17.9 Å². The first-order valence-corrected chi connectivity index (χ1v) is 8.02. The van der Waals surface area contributed by atoms with E-state index >= 15 is 0 Å². The van der Waals surface area contributed by atoms with Crippen molar-refractivity contribution in [2.75, 3.05) is 19.8 Å². The molecule has 0 aromatic carbocycles. The van der Waals surface area contributed by atoms with Gasteiger partial charge in [-0.25, -0.2) is 9.59 Å². The Labute approximate surface area is 133 Å². The zero-order valence-electron chi connectivity index (χ0n) is 13.0. The first kappa shape index (κ1) is 16.2. The Morgan fingerprint density at radius 2 is 1.65 bits per heavy atom. The second-order valence-corrected chi connectivity index (χ2v) is 7.53. The van der Waals surface area contributed by atoms with Crippen molar-refractivity contribution in [3.63, 3.8) is 0 Å². The molecule has 7 nitrogen and oxygen atoms in total. The van der Waals surface area contributed by atoms with Crippen LogP contribution in [0.4, 0.5) is 0 Å². The second-order valence-electron chi connectivity index (χ2n) is 7.53. The maximum absolute atomic E-state index is 11.8. The van der Waals surface area contributed by atoms with Crippen LogP contribution in [0.15, 0.2) is 0 Å². The summed E-state index contributed by atoms with van der Waals surface area (Å²) in [7, 11) is 0. The highest BCUT2D eigenvalue weighted by Gasteiger charge is 2.61. The molecule has 2 unspecified atom stereocenters. The Balaban J connectivity index is 1.60. The molecule has 0 aromatic heterocycles. The predicted molar refractivity (Wildman–Crippen MR) is 76.2 cm³/mol. The maximum Gasteiger partial charge on any atom is 0.344 e. The summed E-state index contributed by atoms with van der Waals surface area (Å²) in [5, 5.41) is 18.2. The molecule has 7 heteroatoms. The summed E-state index contributed by atoms with van der Waals surface area (Å²) < 4.78 is 9.78. The van der Waals surface area contributed by atoms with Crippen molar-refractivity contribution in [1.29, 1.82) is 0 Å². The monoisotopic (exact) mass is 326 g/mol. The molecule has 4 aliphatic rings. The van der Waals surface area contributed by atoms with Gasteiger partial charge in [0, 0.05) is 5.41 Å². The third kappa shape index (κ3) is 3.06. The van der Waals surface area contributed by atoms with Gasteiger partial charge in [0.1, 0.15) is 6.61 Å². The lowest BCUT2D eigenvalue weighted by Crippen LogP contribution is -2.56. The molecule has 0 heterocycles. The van der Waals surface area contributed by atoms with Crippen LogP contribution >= 0.6 is 0 Å². The molecular formula is C16H22O7. The summed E-state index contributed by atoms with van der Waals surface area (Å²) in [5.41, 5.74) is -0.904. The van der Waals surface area contributed by atoms with E-state index in [1.807, 2.05) is 0 Å². The van der Waals surface area contributed by atoms with E-state index < -0.39 is 36.5 Å². The average Bonchev–Trinajstić information content (AvgIpc) is 2.49. The third-order valence-electron chi connectivity index (χ3n) is 5.66. The van der Waals surface area contributed by atoms with E-state index in [-0.39, 0.29) is 12.0 Å². The molecule has 0 aromatic rings. The van der Waals surface area contributed by atoms with E-state index in [1.165, 1.54) is 0 Å². The summed E-state index contributed by atoms with van der Waals surface area (Å²) in [5.74, 6) is -1.45.